The number of benzene rings is 2. The van der Waals surface area contributed by atoms with Gasteiger partial charge in [-0.15, -0.1) is 0 Å². The van der Waals surface area contributed by atoms with Crippen LogP contribution in [-0.4, -0.2) is 124 Å². The number of aromatic nitrogens is 3. The van der Waals surface area contributed by atoms with E-state index in [4.69, 9.17) is 16.6 Å². The fraction of sp³-hybridized carbons (Fsp3) is 0.548. The number of halogens is 4. The molecule has 1 unspecified atom stereocenters. The number of amides is 4. The highest BCUT2D eigenvalue weighted by molar-refractivity contribution is 6.31. The molecule has 2 aliphatic rings. The number of carbonyl (C=O) groups is 4. The molecule has 4 aromatic rings. The summed E-state index contributed by atoms with van der Waals surface area (Å²) in [5.74, 6) is -1.94. The van der Waals surface area contributed by atoms with Gasteiger partial charge in [0.05, 0.1) is 47.9 Å². The fourth-order valence-electron chi connectivity index (χ4n) is 8.25. The van der Waals surface area contributed by atoms with Gasteiger partial charge in [0.15, 0.2) is 5.82 Å². The van der Waals surface area contributed by atoms with E-state index in [0.29, 0.717) is 45.1 Å². The highest BCUT2D eigenvalue weighted by Crippen LogP contribution is 2.38. The van der Waals surface area contributed by atoms with E-state index in [2.05, 4.69) is 26.3 Å². The molecule has 59 heavy (non-hydrogen) atoms. The van der Waals surface area contributed by atoms with Gasteiger partial charge in [0.1, 0.15) is 30.2 Å². The monoisotopic (exact) mass is 841 g/mol. The number of aromatic amines is 1. The molecule has 5 N–H and O–H groups in total. The summed E-state index contributed by atoms with van der Waals surface area (Å²) in [5.41, 5.74) is 2.72. The second-order valence-electron chi connectivity index (χ2n) is 16.2. The van der Waals surface area contributed by atoms with Crippen LogP contribution in [0, 0.1) is 11.7 Å². The first kappa shape index (κ1) is 43.9. The van der Waals surface area contributed by atoms with E-state index in [1.165, 1.54) is 21.9 Å². The van der Waals surface area contributed by atoms with Gasteiger partial charge >= 0.3 is 0 Å². The minimum atomic E-state index is -1.33. The number of rotatable bonds is 15. The molecule has 0 bridgehead atoms. The van der Waals surface area contributed by atoms with Crippen LogP contribution in [0.15, 0.2) is 36.4 Å². The standard InChI is InChI=1S/C42H55ClF3N9O4/c1-8-32(51-39(56)22(4)47-6)41(58)53-18-26(45)14-28(53)17-31-30-11-9-24(43)13-33(30)49-37(31)38-50-34-16-25(44)10-12-35(34)55(38)20-29-15-27(46)19-54(29)42(59)36(21(2)3)52-40(57)23(5)48-7/h9-13,16,21-23,26-29,32,36,47-49H,8,14-15,17-20H2,1-7H3,(H,51,56)(H,52,57)/t22-,23-,26-,27-,28-,29-,32-,36?/m0/s1. The van der Waals surface area contributed by atoms with Gasteiger partial charge in [0.25, 0.3) is 0 Å². The van der Waals surface area contributed by atoms with Crippen LogP contribution in [-0.2, 0) is 32.1 Å². The summed E-state index contributed by atoms with van der Waals surface area (Å²) >= 11 is 6.47. The van der Waals surface area contributed by atoms with Crippen LogP contribution in [0.2, 0.25) is 5.02 Å². The molecule has 8 atom stereocenters. The lowest BCUT2D eigenvalue weighted by molar-refractivity contribution is -0.139. The van der Waals surface area contributed by atoms with Crippen molar-refractivity contribution < 1.29 is 32.3 Å². The van der Waals surface area contributed by atoms with Crippen molar-refractivity contribution >= 4 is 57.2 Å². The van der Waals surface area contributed by atoms with Crippen LogP contribution in [0.4, 0.5) is 13.2 Å². The van der Waals surface area contributed by atoms with Gasteiger partial charge in [-0.05, 0) is 76.5 Å². The molecular formula is C42H55ClF3N9O4. The van der Waals surface area contributed by atoms with E-state index >= 15 is 8.78 Å². The number of hydrogen-bond donors (Lipinski definition) is 5. The van der Waals surface area contributed by atoms with E-state index in [1.807, 2.05) is 24.5 Å². The van der Waals surface area contributed by atoms with Crippen molar-refractivity contribution in [3.63, 3.8) is 0 Å². The van der Waals surface area contributed by atoms with E-state index in [-0.39, 0.29) is 62.5 Å². The van der Waals surface area contributed by atoms with Crippen LogP contribution in [0.5, 0.6) is 0 Å². The van der Waals surface area contributed by atoms with E-state index in [1.54, 1.807) is 53.1 Å². The molecule has 0 saturated carbocycles. The third-order valence-electron chi connectivity index (χ3n) is 11.8. The third kappa shape index (κ3) is 9.24. The van der Waals surface area contributed by atoms with Crippen molar-refractivity contribution in [3.8, 4) is 11.5 Å². The molecule has 6 rings (SSSR count). The van der Waals surface area contributed by atoms with Gasteiger partial charge in [-0.2, -0.15) is 0 Å². The summed E-state index contributed by atoms with van der Waals surface area (Å²) in [6.07, 6.45) is -2.06. The number of carbonyl (C=O) groups excluding carboxylic acids is 4. The van der Waals surface area contributed by atoms with Crippen molar-refractivity contribution in [2.24, 2.45) is 5.92 Å². The first-order valence-corrected chi connectivity index (χ1v) is 20.7. The van der Waals surface area contributed by atoms with E-state index in [9.17, 15) is 23.6 Å². The Morgan fingerprint density at radius 1 is 0.881 bits per heavy atom. The average Bonchev–Trinajstić information content (AvgIpc) is 3.96. The molecule has 2 aromatic heterocycles. The van der Waals surface area contributed by atoms with E-state index in [0.717, 1.165) is 5.39 Å². The summed E-state index contributed by atoms with van der Waals surface area (Å²) in [5, 5.41) is 12.6. The molecule has 2 fully saturated rings. The Kier molecular flexibility index (Phi) is 13.6. The number of likely N-dealkylation sites (tertiary alicyclic amines) is 2. The van der Waals surface area contributed by atoms with Crippen LogP contribution in [0.25, 0.3) is 33.5 Å². The first-order valence-electron chi connectivity index (χ1n) is 20.4. The maximum absolute atomic E-state index is 15.5. The number of nitrogens with one attached hydrogen (secondary N) is 5. The largest absolute Gasteiger partial charge is 0.352 e. The highest BCUT2D eigenvalue weighted by atomic mass is 35.5. The lowest BCUT2D eigenvalue weighted by Gasteiger charge is -2.32. The van der Waals surface area contributed by atoms with Crippen molar-refractivity contribution in [1.82, 2.24) is 45.6 Å². The lowest BCUT2D eigenvalue weighted by atomic mass is 9.99. The zero-order chi connectivity index (χ0) is 42.9. The van der Waals surface area contributed by atoms with Crippen LogP contribution >= 0.6 is 11.6 Å². The molecule has 2 saturated heterocycles. The number of H-pyrrole nitrogens is 1. The molecule has 0 radical (unpaired) electrons. The van der Waals surface area contributed by atoms with Gasteiger partial charge < -0.3 is 40.6 Å². The maximum Gasteiger partial charge on any atom is 0.245 e. The lowest BCUT2D eigenvalue weighted by Crippen LogP contribution is -2.55. The van der Waals surface area contributed by atoms with Crippen molar-refractivity contribution in [1.29, 1.82) is 0 Å². The van der Waals surface area contributed by atoms with E-state index < -0.39 is 60.3 Å². The summed E-state index contributed by atoms with van der Waals surface area (Å²) in [6.45, 7) is 8.56. The topological polar surface area (TPSA) is 156 Å². The van der Waals surface area contributed by atoms with Crippen molar-refractivity contribution in [2.45, 2.75) is 115 Å². The van der Waals surface area contributed by atoms with Crippen LogP contribution in [0.3, 0.4) is 0 Å². The normalized spacial score (nSPS) is 21.6. The summed E-state index contributed by atoms with van der Waals surface area (Å²) in [6, 6.07) is 5.38. The average molecular weight is 842 g/mol. The molecule has 0 spiro atoms. The van der Waals surface area contributed by atoms with Gasteiger partial charge in [-0.3, -0.25) is 19.2 Å². The zero-order valence-electron chi connectivity index (χ0n) is 34.5. The number of alkyl halides is 2. The smallest absolute Gasteiger partial charge is 0.245 e. The Labute approximate surface area is 347 Å². The first-order chi connectivity index (χ1) is 28.0. The Balaban J connectivity index is 1.40. The van der Waals surface area contributed by atoms with Gasteiger partial charge in [0.2, 0.25) is 23.6 Å². The number of nitrogens with zero attached hydrogens (tertiary/aromatic N) is 4. The molecule has 4 heterocycles. The molecule has 2 aromatic carbocycles. The highest BCUT2D eigenvalue weighted by Gasteiger charge is 2.42. The van der Waals surface area contributed by atoms with Gasteiger partial charge in [-0.25, -0.2) is 18.2 Å². The second-order valence-corrected chi connectivity index (χ2v) is 16.7. The molecule has 13 nitrogen and oxygen atoms in total. The molecular weight excluding hydrogens is 787 g/mol. The van der Waals surface area contributed by atoms with Crippen molar-refractivity contribution in [2.75, 3.05) is 27.2 Å². The predicted molar refractivity (Wildman–Crippen MR) is 222 cm³/mol. The van der Waals surface area contributed by atoms with Gasteiger partial charge in [-0.1, -0.05) is 38.4 Å². The molecule has 320 valence electrons. The molecule has 17 heteroatoms. The SMILES string of the molecule is CC[C@H](NC(=O)[C@H](C)NC)C(=O)N1C[C@@H](F)C[C@H]1Cc1c(-c2nc3cc(F)ccc3n2C[C@@H]2C[C@H](F)CN2C(=O)C(NC(=O)[C@H](C)NC)C(C)C)[nH]c2cc(Cl)ccc12. The second kappa shape index (κ2) is 18.3. The number of imidazole rings is 1. The van der Waals surface area contributed by atoms with Crippen LogP contribution in [0.1, 0.15) is 59.4 Å². The third-order valence-corrected chi connectivity index (χ3v) is 12.1. The number of hydrogen-bond acceptors (Lipinski definition) is 7. The Hall–Kier alpha value is -4.67. The predicted octanol–water partition coefficient (Wildman–Crippen LogP) is 4.65. The summed E-state index contributed by atoms with van der Waals surface area (Å²) in [7, 11) is 3.29. The minimum Gasteiger partial charge on any atom is -0.352 e. The van der Waals surface area contributed by atoms with Crippen molar-refractivity contribution in [3.05, 3.63) is 52.8 Å². The zero-order valence-corrected chi connectivity index (χ0v) is 35.3. The molecule has 0 aliphatic carbocycles. The summed E-state index contributed by atoms with van der Waals surface area (Å²) < 4.78 is 47.5. The maximum atomic E-state index is 15.5. The quantitative estimate of drug-likeness (QED) is 0.117. The Morgan fingerprint density at radius 3 is 2.14 bits per heavy atom. The Bertz CT molecular complexity index is 2200. The molecule has 4 amide bonds. The summed E-state index contributed by atoms with van der Waals surface area (Å²) in [4.78, 5) is 65.3. The number of likely N-dealkylation sites (N-methyl/N-ethyl adjacent to an activating group) is 2. The van der Waals surface area contributed by atoms with Crippen LogP contribution < -0.4 is 21.3 Å². The van der Waals surface area contributed by atoms with Gasteiger partial charge in [0, 0.05) is 47.4 Å². The molecule has 2 aliphatic heterocycles. The minimum absolute atomic E-state index is 0.0200. The number of fused-ring (bicyclic) bond motifs is 2. The Morgan fingerprint density at radius 2 is 1.51 bits per heavy atom. The fourth-order valence-corrected chi connectivity index (χ4v) is 8.42.